The van der Waals surface area contributed by atoms with Crippen LogP contribution in [0.5, 0.6) is 0 Å². The second kappa shape index (κ2) is 8.85. The number of hydrogen-bond donors (Lipinski definition) is 2. The van der Waals surface area contributed by atoms with Gasteiger partial charge in [0.15, 0.2) is 0 Å². The number of amides is 1. The van der Waals surface area contributed by atoms with Crippen LogP contribution in [0.1, 0.15) is 39.0 Å². The number of thioether (sulfide) groups is 1. The van der Waals surface area contributed by atoms with E-state index in [-0.39, 0.29) is 11.9 Å². The van der Waals surface area contributed by atoms with Gasteiger partial charge in [0.05, 0.1) is 19.0 Å². The molecule has 1 saturated heterocycles. The molecule has 1 heterocycles. The Morgan fingerprint density at radius 3 is 2.86 bits per heavy atom. The van der Waals surface area contributed by atoms with E-state index in [1.165, 1.54) is 12.8 Å². The highest BCUT2D eigenvalue weighted by Crippen LogP contribution is 2.29. The zero-order chi connectivity index (χ0) is 15.9. The summed E-state index contributed by atoms with van der Waals surface area (Å²) in [7, 11) is 0. The van der Waals surface area contributed by atoms with Crippen LogP contribution in [0.4, 0.5) is 0 Å². The third-order valence-electron chi connectivity index (χ3n) is 4.67. The first kappa shape index (κ1) is 17.7. The Bertz CT molecular complexity index is 407. The van der Waals surface area contributed by atoms with E-state index in [0.717, 1.165) is 30.4 Å². The second-order valence-corrected chi connectivity index (χ2v) is 7.47. The first-order valence-electron chi connectivity index (χ1n) is 8.12. The third-order valence-corrected chi connectivity index (χ3v) is 5.74. The van der Waals surface area contributed by atoms with Gasteiger partial charge in [-0.25, -0.2) is 9.97 Å². The Kier molecular flexibility index (Phi) is 7.12. The predicted molar refractivity (Wildman–Crippen MR) is 86.5 cm³/mol. The number of nitrogens with zero attached hydrogens (tertiary/aromatic N) is 2. The van der Waals surface area contributed by atoms with E-state index in [2.05, 4.69) is 18.4 Å². The first-order chi connectivity index (χ1) is 10.6. The Hall–Kier alpha value is -0.650. The van der Waals surface area contributed by atoms with E-state index in [4.69, 9.17) is 5.26 Å². The molecule has 2 unspecified atom stereocenters. The van der Waals surface area contributed by atoms with Gasteiger partial charge in [-0.15, -0.1) is 11.8 Å². The van der Waals surface area contributed by atoms with Gasteiger partial charge in [-0.05, 0) is 24.7 Å². The van der Waals surface area contributed by atoms with Crippen LogP contribution in [-0.4, -0.2) is 41.6 Å². The molecule has 2 atom stereocenters. The highest BCUT2D eigenvalue weighted by atomic mass is 32.2. The standard InChI is InChI=1S/C15H26N4O2S/c1-12-2-4-13(5-3-12)8-15(20)19(21)17-6-7-18-11-22-10-14(18)9-16/h12-14,17,19H,2-8,10-11H2,1H3. The van der Waals surface area contributed by atoms with E-state index >= 15 is 0 Å². The molecule has 2 fully saturated rings. The predicted octanol–water partition coefficient (Wildman–Crippen LogP) is 0.515. The summed E-state index contributed by atoms with van der Waals surface area (Å²) in [5, 5.41) is 20.4. The fraction of sp³-hybridized carbons (Fsp3) is 0.867. The molecule has 1 saturated carbocycles. The smallest absolute Gasteiger partial charge is 0.331 e. The first-order valence-corrected chi connectivity index (χ1v) is 9.28. The number of hydroxylamine groups is 1. The van der Waals surface area contributed by atoms with Crippen molar-refractivity contribution in [3.8, 4) is 6.07 Å². The zero-order valence-electron chi connectivity index (χ0n) is 13.2. The minimum absolute atomic E-state index is 0.0677. The zero-order valence-corrected chi connectivity index (χ0v) is 14.0. The molecule has 2 rings (SSSR count). The molecular weight excluding hydrogens is 300 g/mol. The van der Waals surface area contributed by atoms with Crippen molar-refractivity contribution in [1.82, 2.24) is 10.3 Å². The summed E-state index contributed by atoms with van der Waals surface area (Å²) in [6.45, 7) is 3.31. The molecule has 7 heteroatoms. The number of carbonyl (C=O) groups excluding carboxylic acids is 1. The molecule has 124 valence electrons. The molecule has 0 aromatic carbocycles. The largest absolute Gasteiger partial charge is 0.606 e. The van der Waals surface area contributed by atoms with Crippen LogP contribution in [0, 0.1) is 28.4 Å². The van der Waals surface area contributed by atoms with E-state index in [9.17, 15) is 10.0 Å². The molecule has 0 bridgehead atoms. The lowest BCUT2D eigenvalue weighted by molar-refractivity contribution is -0.817. The maximum Gasteiger partial charge on any atom is 0.331 e. The van der Waals surface area contributed by atoms with E-state index in [1.807, 2.05) is 4.90 Å². The van der Waals surface area contributed by atoms with Gasteiger partial charge in [-0.2, -0.15) is 10.7 Å². The molecule has 6 nitrogen and oxygen atoms in total. The molecule has 22 heavy (non-hydrogen) atoms. The minimum Gasteiger partial charge on any atom is -0.606 e. The van der Waals surface area contributed by atoms with Crippen molar-refractivity contribution >= 4 is 17.7 Å². The van der Waals surface area contributed by atoms with Gasteiger partial charge in [0.2, 0.25) is 0 Å². The van der Waals surface area contributed by atoms with Crippen molar-refractivity contribution in [1.29, 1.82) is 5.26 Å². The van der Waals surface area contributed by atoms with Gasteiger partial charge < -0.3 is 5.21 Å². The monoisotopic (exact) mass is 326 g/mol. The van der Waals surface area contributed by atoms with Gasteiger partial charge in [-0.3, -0.25) is 4.90 Å². The lowest BCUT2D eigenvalue weighted by Crippen LogP contribution is -3.17. The van der Waals surface area contributed by atoms with Crippen molar-refractivity contribution in [2.75, 3.05) is 24.7 Å². The highest BCUT2D eigenvalue weighted by molar-refractivity contribution is 7.99. The van der Waals surface area contributed by atoms with Crippen LogP contribution in [0.3, 0.4) is 0 Å². The average Bonchev–Trinajstić information content (AvgIpc) is 2.97. The van der Waals surface area contributed by atoms with Crippen LogP contribution >= 0.6 is 11.8 Å². The summed E-state index contributed by atoms with van der Waals surface area (Å²) >= 11 is 1.73. The highest BCUT2D eigenvalue weighted by Gasteiger charge is 2.26. The summed E-state index contributed by atoms with van der Waals surface area (Å²) in [4.78, 5) is 14.0. The molecule has 1 aliphatic carbocycles. The number of nitrogens with one attached hydrogen (secondary N) is 2. The van der Waals surface area contributed by atoms with Crippen molar-refractivity contribution < 1.29 is 9.97 Å². The third kappa shape index (κ3) is 5.21. The summed E-state index contributed by atoms with van der Waals surface area (Å²) in [6.07, 6.45) is 4.85. The molecule has 1 amide bonds. The summed E-state index contributed by atoms with van der Waals surface area (Å²) in [6, 6.07) is 2.19. The van der Waals surface area contributed by atoms with E-state index in [1.54, 1.807) is 11.8 Å². The Morgan fingerprint density at radius 1 is 1.45 bits per heavy atom. The molecule has 0 radical (unpaired) electrons. The van der Waals surface area contributed by atoms with Gasteiger partial charge in [-0.1, -0.05) is 19.8 Å². The van der Waals surface area contributed by atoms with E-state index < -0.39 is 5.17 Å². The molecule has 0 aromatic rings. The number of quaternary nitrogens is 1. The molecular formula is C15H26N4O2S. The maximum absolute atomic E-state index is 12.0. The van der Waals surface area contributed by atoms with Crippen LogP contribution in [0.15, 0.2) is 0 Å². The lowest BCUT2D eigenvalue weighted by atomic mass is 9.81. The summed E-state index contributed by atoms with van der Waals surface area (Å²) in [5.41, 5.74) is 2.70. The Morgan fingerprint density at radius 2 is 2.18 bits per heavy atom. The number of carbonyl (C=O) groups is 1. The number of rotatable bonds is 6. The van der Waals surface area contributed by atoms with Crippen molar-refractivity contribution in [3.05, 3.63) is 5.21 Å². The van der Waals surface area contributed by atoms with Crippen LogP contribution in [0.2, 0.25) is 0 Å². The fourth-order valence-corrected chi connectivity index (χ4v) is 4.27. The lowest BCUT2D eigenvalue weighted by Gasteiger charge is -2.27. The quantitative estimate of drug-likeness (QED) is 0.692. The maximum atomic E-state index is 12.0. The molecule has 1 aliphatic heterocycles. The molecule has 0 aromatic heterocycles. The molecule has 2 N–H and O–H groups in total. The average molecular weight is 326 g/mol. The van der Waals surface area contributed by atoms with Crippen LogP contribution in [0.25, 0.3) is 0 Å². The van der Waals surface area contributed by atoms with Crippen molar-refractivity contribution in [2.45, 2.75) is 45.1 Å². The number of nitriles is 1. The van der Waals surface area contributed by atoms with Crippen molar-refractivity contribution in [2.24, 2.45) is 11.8 Å². The topological polar surface area (TPSA) is 83.6 Å². The Balaban J connectivity index is 1.63. The molecule has 0 spiro atoms. The molecule has 2 aliphatic rings. The van der Waals surface area contributed by atoms with Crippen LogP contribution in [-0.2, 0) is 4.79 Å². The normalized spacial score (nSPS) is 30.9. The van der Waals surface area contributed by atoms with Crippen LogP contribution < -0.4 is 10.6 Å². The fourth-order valence-electron chi connectivity index (χ4n) is 3.12. The van der Waals surface area contributed by atoms with Gasteiger partial charge >= 0.3 is 5.91 Å². The SMILES string of the molecule is CC1CCC(CC(=O)[NH+]([O-])NCCN2CSCC2C#N)CC1. The van der Waals surface area contributed by atoms with Gasteiger partial charge in [0, 0.05) is 18.2 Å². The minimum atomic E-state index is -0.459. The number of hydrogen-bond acceptors (Lipinski definition) is 6. The van der Waals surface area contributed by atoms with Crippen molar-refractivity contribution in [3.63, 3.8) is 0 Å². The van der Waals surface area contributed by atoms with Gasteiger partial charge in [0.25, 0.3) is 0 Å². The Labute approximate surface area is 136 Å². The summed E-state index contributed by atoms with van der Waals surface area (Å²) in [5.74, 6) is 2.50. The summed E-state index contributed by atoms with van der Waals surface area (Å²) < 4.78 is 0. The van der Waals surface area contributed by atoms with E-state index in [0.29, 0.717) is 25.4 Å². The van der Waals surface area contributed by atoms with Gasteiger partial charge in [0.1, 0.15) is 6.04 Å². The second-order valence-electron chi connectivity index (χ2n) is 6.47.